The molecule has 0 spiro atoms. The third-order valence-corrected chi connectivity index (χ3v) is 6.94. The van der Waals surface area contributed by atoms with Gasteiger partial charge >= 0.3 is 0 Å². The third kappa shape index (κ3) is 4.42. The zero-order valence-electron chi connectivity index (χ0n) is 20.3. The van der Waals surface area contributed by atoms with Crippen LogP contribution in [0.25, 0.3) is 16.7 Å². The van der Waals surface area contributed by atoms with Crippen LogP contribution >= 0.6 is 11.6 Å². The second-order valence-corrected chi connectivity index (χ2v) is 9.15. The lowest BCUT2D eigenvalue weighted by Gasteiger charge is -2.27. The lowest BCUT2D eigenvalue weighted by Crippen LogP contribution is -2.31. The highest BCUT2D eigenvalue weighted by atomic mass is 35.5. The van der Waals surface area contributed by atoms with Gasteiger partial charge in [-0.25, -0.2) is 0 Å². The van der Waals surface area contributed by atoms with Crippen molar-refractivity contribution >= 4 is 40.0 Å². The number of fused-ring (bicyclic) bond motifs is 1. The van der Waals surface area contributed by atoms with Crippen LogP contribution in [0.4, 0.5) is 0 Å². The fourth-order valence-electron chi connectivity index (χ4n) is 4.83. The number of ketones is 1. The van der Waals surface area contributed by atoms with E-state index in [9.17, 15) is 14.7 Å². The van der Waals surface area contributed by atoms with Gasteiger partial charge in [-0.3, -0.25) is 9.59 Å². The summed E-state index contributed by atoms with van der Waals surface area (Å²) < 4.78 is 11.0. The minimum absolute atomic E-state index is 0.0159. The van der Waals surface area contributed by atoms with Crippen LogP contribution in [0, 0.1) is 0 Å². The molecule has 8 heteroatoms. The number of Topliss-reactive ketones (excluding diaryl/α,β-unsaturated/α-hetero) is 1. The molecule has 0 bridgehead atoms. The van der Waals surface area contributed by atoms with Gasteiger partial charge in [0.25, 0.3) is 11.7 Å². The molecular formula is C29H25ClN2O5. The number of benzene rings is 3. The maximum absolute atomic E-state index is 13.4. The molecule has 2 heterocycles. The SMILES string of the molecule is COc1ccc(OC)c(C2C(=C(O)c3ccc(Cl)cc3)C(=O)C(=O)N2CCc2c[nH]c3ccccc23)c1. The Kier molecular flexibility index (Phi) is 6.63. The first-order chi connectivity index (χ1) is 17.9. The Bertz CT molecular complexity index is 1520. The summed E-state index contributed by atoms with van der Waals surface area (Å²) in [5.74, 6) is -0.734. The highest BCUT2D eigenvalue weighted by Crippen LogP contribution is 2.44. The number of aliphatic hydroxyl groups is 1. The molecule has 4 aromatic rings. The highest BCUT2D eigenvalue weighted by molar-refractivity contribution is 6.46. The zero-order chi connectivity index (χ0) is 26.1. The van der Waals surface area contributed by atoms with Crippen LogP contribution in [0.3, 0.4) is 0 Å². The number of nitrogens with one attached hydrogen (secondary N) is 1. The molecule has 1 amide bonds. The van der Waals surface area contributed by atoms with Crippen molar-refractivity contribution in [3.05, 3.63) is 100 Å². The predicted octanol–water partition coefficient (Wildman–Crippen LogP) is 5.50. The Labute approximate surface area is 218 Å². The minimum Gasteiger partial charge on any atom is -0.507 e. The molecule has 37 heavy (non-hydrogen) atoms. The van der Waals surface area contributed by atoms with Crippen LogP contribution in [0.1, 0.15) is 22.7 Å². The van der Waals surface area contributed by atoms with Crippen LogP contribution in [-0.4, -0.2) is 47.4 Å². The second kappa shape index (κ2) is 10.0. The van der Waals surface area contributed by atoms with Crippen LogP contribution in [0.15, 0.2) is 78.5 Å². The number of aromatic amines is 1. The van der Waals surface area contributed by atoms with Crippen molar-refractivity contribution in [3.63, 3.8) is 0 Å². The van der Waals surface area contributed by atoms with Crippen molar-refractivity contribution in [2.75, 3.05) is 20.8 Å². The van der Waals surface area contributed by atoms with Crippen LogP contribution in [-0.2, 0) is 16.0 Å². The smallest absolute Gasteiger partial charge is 0.295 e. The summed E-state index contributed by atoms with van der Waals surface area (Å²) in [6.07, 6.45) is 2.41. The Morgan fingerprint density at radius 1 is 1.03 bits per heavy atom. The lowest BCUT2D eigenvalue weighted by atomic mass is 9.94. The van der Waals surface area contributed by atoms with E-state index in [1.807, 2.05) is 30.5 Å². The number of hydrogen-bond donors (Lipinski definition) is 2. The maximum Gasteiger partial charge on any atom is 0.295 e. The van der Waals surface area contributed by atoms with Gasteiger partial charge in [-0.15, -0.1) is 0 Å². The van der Waals surface area contributed by atoms with E-state index in [0.717, 1.165) is 16.5 Å². The molecule has 1 atom stereocenters. The molecule has 2 N–H and O–H groups in total. The number of H-pyrrole nitrogens is 1. The summed E-state index contributed by atoms with van der Waals surface area (Å²) in [4.78, 5) is 31.5. The van der Waals surface area contributed by atoms with Crippen LogP contribution in [0.5, 0.6) is 11.5 Å². The molecule has 1 aliphatic heterocycles. The predicted molar refractivity (Wildman–Crippen MR) is 142 cm³/mol. The van der Waals surface area contributed by atoms with Gasteiger partial charge in [0.15, 0.2) is 0 Å². The average Bonchev–Trinajstić information content (AvgIpc) is 3.45. The van der Waals surface area contributed by atoms with E-state index in [2.05, 4.69) is 4.98 Å². The molecule has 188 valence electrons. The second-order valence-electron chi connectivity index (χ2n) is 8.72. The van der Waals surface area contributed by atoms with Crippen molar-refractivity contribution in [2.45, 2.75) is 12.5 Å². The number of carbonyl (C=O) groups excluding carboxylic acids is 2. The molecule has 1 fully saturated rings. The van der Waals surface area contributed by atoms with E-state index < -0.39 is 17.7 Å². The fraction of sp³-hybridized carbons (Fsp3) is 0.172. The Balaban J connectivity index is 1.63. The quantitative estimate of drug-likeness (QED) is 0.192. The molecule has 0 radical (unpaired) electrons. The van der Waals surface area contributed by atoms with Gasteiger partial charge in [0.1, 0.15) is 17.3 Å². The van der Waals surface area contributed by atoms with Crippen molar-refractivity contribution in [3.8, 4) is 11.5 Å². The minimum atomic E-state index is -0.883. The molecule has 1 aliphatic rings. The Morgan fingerprint density at radius 2 is 1.78 bits per heavy atom. The first kappa shape index (κ1) is 24.5. The molecule has 5 rings (SSSR count). The number of methoxy groups -OCH3 is 2. The summed E-state index contributed by atoms with van der Waals surface area (Å²) in [6, 6.07) is 18.6. The van der Waals surface area contributed by atoms with E-state index >= 15 is 0 Å². The molecule has 1 aromatic heterocycles. The number of rotatable bonds is 7. The average molecular weight is 517 g/mol. The van der Waals surface area contributed by atoms with Gasteiger partial charge in [-0.05, 0) is 60.5 Å². The van der Waals surface area contributed by atoms with E-state index in [1.54, 1.807) is 42.5 Å². The Morgan fingerprint density at radius 3 is 2.51 bits per heavy atom. The largest absolute Gasteiger partial charge is 0.507 e. The zero-order valence-corrected chi connectivity index (χ0v) is 21.1. The van der Waals surface area contributed by atoms with E-state index in [1.165, 1.54) is 19.1 Å². The Hall–Kier alpha value is -4.23. The number of para-hydroxylation sites is 1. The molecule has 7 nitrogen and oxygen atoms in total. The lowest BCUT2D eigenvalue weighted by molar-refractivity contribution is -0.139. The number of likely N-dealkylation sites (tertiary alicyclic amines) is 1. The number of aliphatic hydroxyl groups excluding tert-OH is 1. The van der Waals surface area contributed by atoms with E-state index in [4.69, 9.17) is 21.1 Å². The fourth-order valence-corrected chi connectivity index (χ4v) is 4.96. The standard InChI is InChI=1S/C29H25ClN2O5/c1-36-20-11-12-24(37-2)22(15-20)26-25(27(33)17-7-9-19(30)10-8-17)28(34)29(35)32(26)14-13-18-16-31-23-6-4-3-5-21(18)23/h3-12,15-16,26,31,33H,13-14H2,1-2H3. The van der Waals surface area contributed by atoms with Gasteiger partial charge in [-0.1, -0.05) is 29.8 Å². The molecule has 3 aromatic carbocycles. The van der Waals surface area contributed by atoms with Gasteiger partial charge in [0.2, 0.25) is 0 Å². The van der Waals surface area contributed by atoms with Crippen molar-refractivity contribution < 1.29 is 24.2 Å². The number of carbonyl (C=O) groups is 2. The summed E-state index contributed by atoms with van der Waals surface area (Å²) in [7, 11) is 3.05. The normalized spacial score (nSPS) is 16.9. The van der Waals surface area contributed by atoms with E-state index in [-0.39, 0.29) is 17.9 Å². The number of nitrogens with zero attached hydrogens (tertiary/aromatic N) is 1. The summed E-state index contributed by atoms with van der Waals surface area (Å²) in [5.41, 5.74) is 2.92. The van der Waals surface area contributed by atoms with Gasteiger partial charge in [0.05, 0.1) is 25.8 Å². The summed E-state index contributed by atoms with van der Waals surface area (Å²) in [6.45, 7) is 0.245. The number of amides is 1. The highest BCUT2D eigenvalue weighted by Gasteiger charge is 2.47. The third-order valence-electron chi connectivity index (χ3n) is 6.69. The first-order valence-electron chi connectivity index (χ1n) is 11.7. The number of hydrogen-bond acceptors (Lipinski definition) is 5. The molecule has 1 unspecified atom stereocenters. The first-order valence-corrected chi connectivity index (χ1v) is 12.1. The van der Waals surface area contributed by atoms with Crippen LogP contribution < -0.4 is 9.47 Å². The molecule has 1 saturated heterocycles. The molecule has 0 aliphatic carbocycles. The monoisotopic (exact) mass is 516 g/mol. The van der Waals surface area contributed by atoms with Crippen molar-refractivity contribution in [1.82, 2.24) is 9.88 Å². The number of aromatic nitrogens is 1. The number of ether oxygens (including phenoxy) is 2. The summed E-state index contributed by atoms with van der Waals surface area (Å²) in [5, 5.41) is 12.8. The molecule has 0 saturated carbocycles. The van der Waals surface area contributed by atoms with Gasteiger partial charge in [0, 0.05) is 39.8 Å². The van der Waals surface area contributed by atoms with Gasteiger partial charge < -0.3 is 24.5 Å². The van der Waals surface area contributed by atoms with Gasteiger partial charge in [-0.2, -0.15) is 0 Å². The van der Waals surface area contributed by atoms with Crippen LogP contribution in [0.2, 0.25) is 5.02 Å². The summed E-state index contributed by atoms with van der Waals surface area (Å²) >= 11 is 6.02. The number of halogens is 1. The molecular weight excluding hydrogens is 492 g/mol. The van der Waals surface area contributed by atoms with Crippen molar-refractivity contribution in [2.24, 2.45) is 0 Å². The van der Waals surface area contributed by atoms with E-state index in [0.29, 0.717) is 34.1 Å². The van der Waals surface area contributed by atoms with Crippen molar-refractivity contribution in [1.29, 1.82) is 0 Å². The maximum atomic E-state index is 13.4. The topological polar surface area (TPSA) is 91.9 Å².